The Labute approximate surface area is 250 Å². The van der Waals surface area contributed by atoms with Crippen LogP contribution in [0.1, 0.15) is 176 Å². The van der Waals surface area contributed by atoms with Crippen LogP contribution in [0, 0.1) is 0 Å². The van der Waals surface area contributed by atoms with Crippen LogP contribution in [0.5, 0.6) is 0 Å². The molecule has 5 nitrogen and oxygen atoms in total. The fourth-order valence-electron chi connectivity index (χ4n) is 4.56. The molecule has 238 valence electrons. The second-order valence-electron chi connectivity index (χ2n) is 10.8. The van der Waals surface area contributed by atoms with Gasteiger partial charge in [-0.25, -0.2) is 0 Å². The third kappa shape index (κ3) is 32.8. The quantitative estimate of drug-likeness (QED) is 0.0553. The fourth-order valence-corrected chi connectivity index (χ4v) is 4.56. The Morgan fingerprint density at radius 1 is 0.600 bits per heavy atom. The second kappa shape index (κ2) is 35.7. The molecule has 1 N–H and O–H groups in total. The molecule has 40 heavy (non-hydrogen) atoms. The Hall–Kier alpha value is -1.36. The number of allylic oxidation sites excluding steroid dienone is 1. The van der Waals surface area contributed by atoms with Gasteiger partial charge in [0, 0.05) is 12.8 Å². The highest BCUT2D eigenvalue weighted by molar-refractivity contribution is 5.69. The van der Waals surface area contributed by atoms with Gasteiger partial charge in [0.2, 0.25) is 0 Å². The number of carbonyl (C=O) groups is 2. The highest BCUT2D eigenvalue weighted by atomic mass is 16.5. The van der Waals surface area contributed by atoms with Crippen molar-refractivity contribution < 1.29 is 19.1 Å². The molecule has 5 heteroatoms. The molecule has 0 amide bonds. The Kier molecular flexibility index (Phi) is 36.4. The smallest absolute Gasteiger partial charge is 0.306 e. The van der Waals surface area contributed by atoms with Crippen LogP contribution < -0.4 is 5.32 Å². The van der Waals surface area contributed by atoms with E-state index in [9.17, 15) is 9.59 Å². The average Bonchev–Trinajstić information content (AvgIpc) is 2.96. The van der Waals surface area contributed by atoms with Gasteiger partial charge in [0.15, 0.2) is 0 Å². The lowest BCUT2D eigenvalue weighted by Crippen LogP contribution is -2.21. The maximum Gasteiger partial charge on any atom is 0.306 e. The highest BCUT2D eigenvalue weighted by Crippen LogP contribution is 2.17. The summed E-state index contributed by atoms with van der Waals surface area (Å²) in [6, 6.07) is 0. The van der Waals surface area contributed by atoms with Gasteiger partial charge in [0.25, 0.3) is 0 Å². The van der Waals surface area contributed by atoms with Gasteiger partial charge in [0.1, 0.15) is 12.7 Å². The zero-order valence-corrected chi connectivity index (χ0v) is 27.5. The van der Waals surface area contributed by atoms with E-state index in [0.29, 0.717) is 19.4 Å². The van der Waals surface area contributed by atoms with Crippen molar-refractivity contribution >= 4 is 11.9 Å². The third-order valence-electron chi connectivity index (χ3n) is 7.01. The third-order valence-corrected chi connectivity index (χ3v) is 7.01. The number of carbonyl (C=O) groups excluding carboxylic acids is 2. The molecule has 0 spiro atoms. The largest absolute Gasteiger partial charge is 0.462 e. The molecule has 0 aliphatic rings. The van der Waals surface area contributed by atoms with Gasteiger partial charge in [0.05, 0.1) is 0 Å². The molecular formula is C35H69NO4. The molecular weight excluding hydrogens is 498 g/mol. The monoisotopic (exact) mass is 568 g/mol. The Balaban J connectivity index is 0. The first kappa shape index (κ1) is 40.8. The van der Waals surface area contributed by atoms with Gasteiger partial charge < -0.3 is 14.8 Å². The molecule has 0 saturated heterocycles. The van der Waals surface area contributed by atoms with E-state index in [1.165, 1.54) is 83.5 Å². The fraction of sp³-hybridized carbons (Fsp3) is 0.886. The summed E-state index contributed by atoms with van der Waals surface area (Å²) in [5.41, 5.74) is 0. The highest BCUT2D eigenvalue weighted by Gasteiger charge is 2.14. The predicted octanol–water partition coefficient (Wildman–Crippen LogP) is 10.3. The van der Waals surface area contributed by atoms with E-state index in [4.69, 9.17) is 9.47 Å². The molecule has 0 rings (SSSR count). The Morgan fingerprint density at radius 2 is 1.07 bits per heavy atom. The van der Waals surface area contributed by atoms with E-state index in [2.05, 4.69) is 32.2 Å². The van der Waals surface area contributed by atoms with Crippen LogP contribution in [0.2, 0.25) is 0 Å². The number of hydrogen-bond acceptors (Lipinski definition) is 5. The lowest BCUT2D eigenvalue weighted by molar-refractivity contribution is -0.150. The summed E-state index contributed by atoms with van der Waals surface area (Å²) in [5.74, 6) is -0.199. The van der Waals surface area contributed by atoms with Gasteiger partial charge in [-0.15, -0.1) is 0 Å². The molecule has 0 aromatic heterocycles. The number of nitrogens with one attached hydrogen (secondary N) is 1. The lowest BCUT2D eigenvalue weighted by atomic mass is 10.0. The maximum absolute atomic E-state index is 12.4. The van der Waals surface area contributed by atoms with Crippen molar-refractivity contribution in [3.8, 4) is 0 Å². The first-order chi connectivity index (χ1) is 19.6. The normalized spacial score (nSPS) is 11.7. The van der Waals surface area contributed by atoms with Crippen molar-refractivity contribution in [1.29, 1.82) is 0 Å². The van der Waals surface area contributed by atoms with E-state index in [1.54, 1.807) is 0 Å². The molecule has 0 saturated carbocycles. The first-order valence-electron chi connectivity index (χ1n) is 17.3. The molecule has 1 atom stereocenters. The van der Waals surface area contributed by atoms with Crippen LogP contribution in [0.25, 0.3) is 0 Å². The first-order valence-corrected chi connectivity index (χ1v) is 17.3. The molecule has 0 radical (unpaired) electrons. The van der Waals surface area contributed by atoms with Gasteiger partial charge in [-0.3, -0.25) is 9.59 Å². The summed E-state index contributed by atoms with van der Waals surface area (Å²) in [5, 5.41) is 3.33. The summed E-state index contributed by atoms with van der Waals surface area (Å²) in [6.45, 7) is 12.6. The molecule has 0 aliphatic heterocycles. The van der Waals surface area contributed by atoms with Crippen molar-refractivity contribution in [2.24, 2.45) is 0 Å². The van der Waals surface area contributed by atoms with Crippen LogP contribution in [-0.2, 0) is 19.1 Å². The minimum atomic E-state index is -0.142. The summed E-state index contributed by atoms with van der Waals surface area (Å²) in [6.07, 6.45) is 28.5. The summed E-state index contributed by atoms with van der Waals surface area (Å²) in [7, 11) is 0. The number of hydrogen-bond donors (Lipinski definition) is 1. The van der Waals surface area contributed by atoms with Crippen LogP contribution in [0.15, 0.2) is 12.2 Å². The van der Waals surface area contributed by atoms with Crippen molar-refractivity contribution in [3.05, 3.63) is 12.2 Å². The van der Waals surface area contributed by atoms with Gasteiger partial charge >= 0.3 is 11.9 Å². The number of esters is 2. The summed E-state index contributed by atoms with van der Waals surface area (Å²) >= 11 is 0. The maximum atomic E-state index is 12.4. The number of ether oxygens (including phenoxy) is 2. The van der Waals surface area contributed by atoms with Crippen molar-refractivity contribution in [2.75, 3.05) is 19.7 Å². The van der Waals surface area contributed by atoms with E-state index in [1.807, 2.05) is 19.9 Å². The molecule has 0 bridgehead atoms. The van der Waals surface area contributed by atoms with Gasteiger partial charge in [-0.1, -0.05) is 124 Å². The van der Waals surface area contributed by atoms with Crippen molar-refractivity contribution in [1.82, 2.24) is 5.32 Å². The minimum Gasteiger partial charge on any atom is -0.462 e. The Morgan fingerprint density at radius 3 is 1.62 bits per heavy atom. The zero-order valence-electron chi connectivity index (χ0n) is 27.5. The average molecular weight is 568 g/mol. The summed E-state index contributed by atoms with van der Waals surface area (Å²) < 4.78 is 11.1. The number of unbranched alkanes of at least 4 members (excludes halogenated alkanes) is 13. The zero-order chi connectivity index (χ0) is 29.9. The minimum absolute atomic E-state index is 0.0571. The van der Waals surface area contributed by atoms with E-state index >= 15 is 0 Å². The topological polar surface area (TPSA) is 64.6 Å². The molecule has 0 heterocycles. The molecule has 0 fully saturated rings. The summed E-state index contributed by atoms with van der Waals surface area (Å²) in [4.78, 5) is 24.3. The van der Waals surface area contributed by atoms with Gasteiger partial charge in [-0.2, -0.15) is 0 Å². The standard InChI is InChI=1S/C33H63NO4.C2H6/c1-4-7-10-13-15-18-21-30-37-32(35)26-22-28-34-29-23-27-33(36)38-31(24-19-16-12-9-6-3)25-20-17-14-11-8-5-2;1-2/h18,21,31,34H,4-17,19-20,22-30H2,1-3H3;1-2H3/b21-18-;. The van der Waals surface area contributed by atoms with Crippen LogP contribution in [0.3, 0.4) is 0 Å². The molecule has 1 unspecified atom stereocenters. The number of rotatable bonds is 29. The molecule has 0 aliphatic carbocycles. The lowest BCUT2D eigenvalue weighted by Gasteiger charge is -2.18. The molecule has 0 aromatic rings. The molecule has 0 aromatic carbocycles. The predicted molar refractivity (Wildman–Crippen MR) is 173 cm³/mol. The van der Waals surface area contributed by atoms with E-state index in [0.717, 1.165) is 58.0 Å². The second-order valence-corrected chi connectivity index (χ2v) is 10.8. The van der Waals surface area contributed by atoms with Crippen molar-refractivity contribution in [3.63, 3.8) is 0 Å². The van der Waals surface area contributed by atoms with Crippen LogP contribution in [-0.4, -0.2) is 37.7 Å². The van der Waals surface area contributed by atoms with Crippen LogP contribution in [0.4, 0.5) is 0 Å². The van der Waals surface area contributed by atoms with Crippen LogP contribution >= 0.6 is 0 Å². The SMILES string of the molecule is CC.CCCCCC/C=C\COC(=O)CCCNCCCC(=O)OC(CCCCCCC)CCCCCCCC. The van der Waals surface area contributed by atoms with E-state index < -0.39 is 0 Å². The van der Waals surface area contributed by atoms with Crippen molar-refractivity contribution in [2.45, 2.75) is 182 Å². The Bertz CT molecular complexity index is 550. The van der Waals surface area contributed by atoms with E-state index in [-0.39, 0.29) is 18.0 Å². The van der Waals surface area contributed by atoms with Gasteiger partial charge in [-0.05, 0) is 64.5 Å².